The molecule has 5 heteroatoms. The van der Waals surface area contributed by atoms with Gasteiger partial charge in [0.15, 0.2) is 0 Å². The largest absolute Gasteiger partial charge is 0.444 e. The van der Waals surface area contributed by atoms with E-state index in [0.29, 0.717) is 6.61 Å². The molecule has 1 aliphatic rings. The van der Waals surface area contributed by atoms with Crippen LogP contribution in [0.15, 0.2) is 0 Å². The van der Waals surface area contributed by atoms with Crippen molar-refractivity contribution in [1.82, 2.24) is 5.32 Å². The van der Waals surface area contributed by atoms with Crippen LogP contribution in [0.2, 0.25) is 0 Å². The van der Waals surface area contributed by atoms with E-state index in [1.807, 2.05) is 0 Å². The van der Waals surface area contributed by atoms with Gasteiger partial charge in [-0.2, -0.15) is 0 Å². The van der Waals surface area contributed by atoms with Crippen molar-refractivity contribution in [2.24, 2.45) is 0 Å². The highest BCUT2D eigenvalue weighted by atomic mass is 16.6. The molecule has 1 fully saturated rings. The Balaban J connectivity index is 2.40. The average molecular weight is 231 g/mol. The first kappa shape index (κ1) is 13.3. The average Bonchev–Trinajstić information content (AvgIpc) is 2.63. The zero-order valence-electron chi connectivity index (χ0n) is 10.2. The molecule has 2 atom stereocenters. The molecule has 2 N–H and O–H groups in total. The maximum Gasteiger partial charge on any atom is 0.408 e. The molecule has 5 nitrogen and oxygen atoms in total. The molecule has 1 saturated heterocycles. The topological polar surface area (TPSA) is 67.8 Å². The lowest BCUT2D eigenvalue weighted by Gasteiger charge is -2.25. The minimum absolute atomic E-state index is 0.0995. The Morgan fingerprint density at radius 2 is 2.31 bits per heavy atom. The SMILES string of the molecule is CC(C)(C)OC(=O)N[C@H](CO)C1CCCO1. The minimum atomic E-state index is -0.527. The van der Waals surface area contributed by atoms with E-state index in [1.165, 1.54) is 0 Å². The second-order valence-corrected chi connectivity index (χ2v) is 4.99. The smallest absolute Gasteiger partial charge is 0.408 e. The molecule has 0 spiro atoms. The molecule has 0 aromatic rings. The van der Waals surface area contributed by atoms with Crippen LogP contribution in [0.5, 0.6) is 0 Å². The van der Waals surface area contributed by atoms with Crippen LogP contribution >= 0.6 is 0 Å². The molecule has 94 valence electrons. The number of carbonyl (C=O) groups excluding carboxylic acids is 1. The van der Waals surface area contributed by atoms with E-state index in [9.17, 15) is 9.90 Å². The highest BCUT2D eigenvalue weighted by molar-refractivity contribution is 5.68. The first-order chi connectivity index (χ1) is 7.42. The summed E-state index contributed by atoms with van der Waals surface area (Å²) in [4.78, 5) is 11.5. The van der Waals surface area contributed by atoms with Gasteiger partial charge in [-0.25, -0.2) is 4.79 Å². The normalized spacial score (nSPS) is 22.9. The fraction of sp³-hybridized carbons (Fsp3) is 0.909. The van der Waals surface area contributed by atoms with Gasteiger partial charge in [-0.05, 0) is 33.6 Å². The molecule has 1 aliphatic heterocycles. The molecule has 0 aliphatic carbocycles. The minimum Gasteiger partial charge on any atom is -0.444 e. The Bertz CT molecular complexity index is 231. The lowest BCUT2D eigenvalue weighted by molar-refractivity contribution is 0.0270. The van der Waals surface area contributed by atoms with E-state index in [4.69, 9.17) is 9.47 Å². The van der Waals surface area contributed by atoms with Crippen molar-refractivity contribution in [3.05, 3.63) is 0 Å². The first-order valence-corrected chi connectivity index (χ1v) is 5.64. The summed E-state index contributed by atoms with van der Waals surface area (Å²) in [5.74, 6) is 0. The van der Waals surface area contributed by atoms with Crippen LogP contribution in [0.25, 0.3) is 0 Å². The van der Waals surface area contributed by atoms with Crippen molar-refractivity contribution in [2.45, 2.75) is 51.4 Å². The molecular formula is C11H21NO4. The summed E-state index contributed by atoms with van der Waals surface area (Å²) in [6, 6.07) is -0.377. The number of aliphatic hydroxyl groups is 1. The maximum atomic E-state index is 11.5. The van der Waals surface area contributed by atoms with E-state index in [0.717, 1.165) is 12.8 Å². The van der Waals surface area contributed by atoms with Crippen molar-refractivity contribution in [3.63, 3.8) is 0 Å². The van der Waals surface area contributed by atoms with Gasteiger partial charge in [0.1, 0.15) is 5.60 Å². The standard InChI is InChI=1S/C11H21NO4/c1-11(2,3)16-10(14)12-8(7-13)9-5-4-6-15-9/h8-9,13H,4-7H2,1-3H3,(H,12,14)/t8-,9?/m1/s1. The van der Waals surface area contributed by atoms with Crippen LogP contribution in [0.1, 0.15) is 33.6 Å². The summed E-state index contributed by atoms with van der Waals surface area (Å²) in [5, 5.41) is 11.8. The van der Waals surface area contributed by atoms with E-state index in [-0.39, 0.29) is 18.8 Å². The van der Waals surface area contributed by atoms with Crippen molar-refractivity contribution in [2.75, 3.05) is 13.2 Å². The first-order valence-electron chi connectivity index (χ1n) is 5.64. The summed E-state index contributed by atoms with van der Waals surface area (Å²) in [7, 11) is 0. The van der Waals surface area contributed by atoms with Gasteiger partial charge in [-0.3, -0.25) is 0 Å². The summed E-state index contributed by atoms with van der Waals surface area (Å²) in [6.45, 7) is 5.95. The third kappa shape index (κ3) is 4.37. The van der Waals surface area contributed by atoms with E-state index >= 15 is 0 Å². The molecule has 1 heterocycles. The number of hydrogen-bond acceptors (Lipinski definition) is 4. The van der Waals surface area contributed by atoms with Crippen LogP contribution in [-0.4, -0.2) is 42.2 Å². The van der Waals surface area contributed by atoms with Crippen molar-refractivity contribution < 1.29 is 19.4 Å². The Hall–Kier alpha value is -0.810. The monoisotopic (exact) mass is 231 g/mol. The highest BCUT2D eigenvalue weighted by Gasteiger charge is 2.28. The lowest BCUT2D eigenvalue weighted by Crippen LogP contribution is -2.47. The van der Waals surface area contributed by atoms with E-state index in [1.54, 1.807) is 20.8 Å². The van der Waals surface area contributed by atoms with Crippen molar-refractivity contribution >= 4 is 6.09 Å². The molecular weight excluding hydrogens is 210 g/mol. The Morgan fingerprint density at radius 1 is 1.62 bits per heavy atom. The number of nitrogens with one attached hydrogen (secondary N) is 1. The Morgan fingerprint density at radius 3 is 2.75 bits per heavy atom. The molecule has 0 aromatic heterocycles. The molecule has 0 saturated carbocycles. The van der Waals surface area contributed by atoms with Crippen LogP contribution in [-0.2, 0) is 9.47 Å². The molecule has 1 unspecified atom stereocenters. The fourth-order valence-electron chi connectivity index (χ4n) is 1.63. The van der Waals surface area contributed by atoms with Gasteiger partial charge in [0.05, 0.1) is 18.8 Å². The number of hydrogen-bond donors (Lipinski definition) is 2. The Kier molecular flexibility index (Phi) is 4.56. The van der Waals surface area contributed by atoms with Gasteiger partial charge in [-0.15, -0.1) is 0 Å². The van der Waals surface area contributed by atoms with Crippen LogP contribution < -0.4 is 5.32 Å². The van der Waals surface area contributed by atoms with Crippen LogP contribution in [0, 0.1) is 0 Å². The van der Waals surface area contributed by atoms with Crippen molar-refractivity contribution in [1.29, 1.82) is 0 Å². The number of rotatable bonds is 3. The molecule has 16 heavy (non-hydrogen) atoms. The second-order valence-electron chi connectivity index (χ2n) is 4.99. The molecule has 0 bridgehead atoms. The quantitative estimate of drug-likeness (QED) is 0.762. The summed E-state index contributed by atoms with van der Waals surface area (Å²) in [5.41, 5.74) is -0.527. The van der Waals surface area contributed by atoms with Gasteiger partial charge >= 0.3 is 6.09 Å². The van der Waals surface area contributed by atoms with Crippen molar-refractivity contribution in [3.8, 4) is 0 Å². The third-order valence-electron chi connectivity index (χ3n) is 2.31. The molecule has 0 radical (unpaired) electrons. The number of carbonyl (C=O) groups is 1. The van der Waals surface area contributed by atoms with Gasteiger partial charge < -0.3 is 19.9 Å². The van der Waals surface area contributed by atoms with Gasteiger partial charge in [0.2, 0.25) is 0 Å². The van der Waals surface area contributed by atoms with E-state index < -0.39 is 11.7 Å². The summed E-state index contributed by atoms with van der Waals surface area (Å²) in [6.07, 6.45) is 1.22. The molecule has 0 aromatic carbocycles. The highest BCUT2D eigenvalue weighted by Crippen LogP contribution is 2.16. The maximum absolute atomic E-state index is 11.5. The van der Waals surface area contributed by atoms with E-state index in [2.05, 4.69) is 5.32 Å². The number of ether oxygens (including phenoxy) is 2. The lowest BCUT2D eigenvalue weighted by atomic mass is 10.1. The zero-order valence-corrected chi connectivity index (χ0v) is 10.2. The molecule has 1 rings (SSSR count). The second kappa shape index (κ2) is 5.50. The zero-order chi connectivity index (χ0) is 12.2. The predicted molar refractivity (Wildman–Crippen MR) is 59.2 cm³/mol. The Labute approximate surface area is 96.1 Å². The molecule has 1 amide bonds. The third-order valence-corrected chi connectivity index (χ3v) is 2.31. The van der Waals surface area contributed by atoms with Gasteiger partial charge in [0, 0.05) is 6.61 Å². The van der Waals surface area contributed by atoms with Gasteiger partial charge in [0.25, 0.3) is 0 Å². The summed E-state index contributed by atoms with van der Waals surface area (Å²) >= 11 is 0. The predicted octanol–water partition coefficient (Wildman–Crippen LogP) is 1.05. The number of alkyl carbamates (subject to hydrolysis) is 1. The van der Waals surface area contributed by atoms with Crippen LogP contribution in [0.3, 0.4) is 0 Å². The fourth-order valence-corrected chi connectivity index (χ4v) is 1.63. The summed E-state index contributed by atoms with van der Waals surface area (Å²) < 4.78 is 10.5. The number of aliphatic hydroxyl groups excluding tert-OH is 1. The van der Waals surface area contributed by atoms with Gasteiger partial charge in [-0.1, -0.05) is 0 Å². The number of amides is 1. The van der Waals surface area contributed by atoms with Crippen LogP contribution in [0.4, 0.5) is 4.79 Å².